The van der Waals surface area contributed by atoms with E-state index in [4.69, 9.17) is 9.15 Å². The maximum Gasteiger partial charge on any atom is 0.357 e. The number of benzene rings is 2. The van der Waals surface area contributed by atoms with Gasteiger partial charge in [-0.1, -0.05) is 36.4 Å². The zero-order valence-corrected chi connectivity index (χ0v) is 18.5. The number of aryl methyl sites for hydroxylation is 3. The number of carbonyl (C=O) groups excluding carboxylic acids is 2. The van der Waals surface area contributed by atoms with E-state index in [1.807, 2.05) is 63.2 Å². The van der Waals surface area contributed by atoms with Gasteiger partial charge in [0.15, 0.2) is 18.1 Å². The molecule has 0 aliphatic rings. The van der Waals surface area contributed by atoms with Crippen LogP contribution in [0.1, 0.15) is 32.8 Å². The fraction of sp³-hybridized carbons (Fsp3) is 0.160. The van der Waals surface area contributed by atoms with Crippen molar-refractivity contribution in [2.75, 3.05) is 6.61 Å². The molecule has 0 fully saturated rings. The lowest BCUT2D eigenvalue weighted by molar-refractivity contribution is -0.136. The number of carbonyl (C=O) groups is 2. The Morgan fingerprint density at radius 1 is 1.00 bits per heavy atom. The molecule has 0 aliphatic carbocycles. The maximum atomic E-state index is 13.1. The van der Waals surface area contributed by atoms with Crippen molar-refractivity contribution in [3.05, 3.63) is 88.9 Å². The zero-order valence-electron chi connectivity index (χ0n) is 18.5. The van der Waals surface area contributed by atoms with E-state index >= 15 is 0 Å². The minimum Gasteiger partial charge on any atom is -0.465 e. The Kier molecular flexibility index (Phi) is 6.26. The van der Waals surface area contributed by atoms with E-state index in [1.54, 1.807) is 12.1 Å². The van der Waals surface area contributed by atoms with Gasteiger partial charge in [0.25, 0.3) is 0 Å². The lowest BCUT2D eigenvalue weighted by atomic mass is 9.98. The average molecular weight is 442 g/mol. The van der Waals surface area contributed by atoms with Crippen LogP contribution in [0, 0.1) is 20.8 Å². The highest BCUT2D eigenvalue weighted by Crippen LogP contribution is 2.22. The molecule has 0 unspecified atom stereocenters. The second-order valence-electron chi connectivity index (χ2n) is 7.58. The number of furan rings is 1. The van der Waals surface area contributed by atoms with E-state index in [9.17, 15) is 9.59 Å². The van der Waals surface area contributed by atoms with Gasteiger partial charge in [0.05, 0.1) is 6.26 Å². The Balaban J connectivity index is 1.62. The lowest BCUT2D eigenvalue weighted by Gasteiger charge is -2.11. The van der Waals surface area contributed by atoms with Gasteiger partial charge in [-0.25, -0.2) is 4.79 Å². The molecule has 0 atom stereocenters. The van der Waals surface area contributed by atoms with Gasteiger partial charge >= 0.3 is 5.97 Å². The van der Waals surface area contributed by atoms with Gasteiger partial charge in [0, 0.05) is 17.2 Å². The quantitative estimate of drug-likeness (QED) is 0.239. The van der Waals surface area contributed by atoms with Gasteiger partial charge in [-0.05, 0) is 66.1 Å². The summed E-state index contributed by atoms with van der Waals surface area (Å²) in [6.07, 6.45) is 2.95. The normalized spacial score (nSPS) is 11.4. The second-order valence-corrected chi connectivity index (χ2v) is 7.58. The second kappa shape index (κ2) is 9.44. The number of hydrogen-bond acceptors (Lipinski definition) is 7. The van der Waals surface area contributed by atoms with Gasteiger partial charge in [0.1, 0.15) is 5.76 Å². The summed E-state index contributed by atoms with van der Waals surface area (Å²) >= 11 is 0. The molecule has 4 rings (SSSR count). The van der Waals surface area contributed by atoms with Crippen LogP contribution in [0.15, 0.2) is 65.3 Å². The number of hydrogen-bond donors (Lipinski definition) is 0. The summed E-state index contributed by atoms with van der Waals surface area (Å²) in [6, 6.07) is 16.3. The first kappa shape index (κ1) is 21.9. The third kappa shape index (κ3) is 4.79. The molecule has 0 amide bonds. The van der Waals surface area contributed by atoms with Crippen LogP contribution in [-0.2, 0) is 9.53 Å². The highest BCUT2D eigenvalue weighted by atomic mass is 16.5. The molecule has 2 heterocycles. The van der Waals surface area contributed by atoms with Gasteiger partial charge in [0.2, 0.25) is 5.78 Å². The Morgan fingerprint density at radius 2 is 1.76 bits per heavy atom. The van der Waals surface area contributed by atoms with Crippen LogP contribution >= 0.6 is 0 Å². The van der Waals surface area contributed by atoms with Crippen molar-refractivity contribution in [3.63, 3.8) is 0 Å². The molecule has 0 spiro atoms. The Labute approximate surface area is 190 Å². The van der Waals surface area contributed by atoms with Crippen LogP contribution in [0.3, 0.4) is 0 Å². The first-order valence-electron chi connectivity index (χ1n) is 10.3. The van der Waals surface area contributed by atoms with Crippen molar-refractivity contribution in [2.45, 2.75) is 20.8 Å². The van der Waals surface area contributed by atoms with E-state index in [-0.39, 0.29) is 11.5 Å². The minimum atomic E-state index is -0.759. The van der Waals surface area contributed by atoms with Crippen LogP contribution in [0.5, 0.6) is 0 Å². The molecule has 0 radical (unpaired) electrons. The molecule has 33 heavy (non-hydrogen) atoms. The molecule has 0 saturated heterocycles. The monoisotopic (exact) mass is 442 g/mol. The van der Waals surface area contributed by atoms with Gasteiger partial charge in [-0.3, -0.25) is 4.79 Å². The fourth-order valence-electron chi connectivity index (χ4n) is 3.37. The van der Waals surface area contributed by atoms with Crippen LogP contribution in [0.4, 0.5) is 0 Å². The summed E-state index contributed by atoms with van der Waals surface area (Å²) in [5.41, 5.74) is 4.17. The predicted octanol–water partition coefficient (Wildman–Crippen LogP) is 4.28. The SMILES string of the molecule is Cc1cc(C)c(C(=O)COC(=O)/C(=C/c2ccco2)n2nnnc2-c2ccccc2)cc1C. The minimum absolute atomic E-state index is 0.0124. The van der Waals surface area contributed by atoms with E-state index in [1.165, 1.54) is 17.0 Å². The molecule has 8 nitrogen and oxygen atoms in total. The van der Waals surface area contributed by atoms with Crippen LogP contribution < -0.4 is 0 Å². The third-order valence-corrected chi connectivity index (χ3v) is 5.24. The Bertz CT molecular complexity index is 1320. The van der Waals surface area contributed by atoms with Crippen LogP contribution in [0.25, 0.3) is 23.2 Å². The number of esters is 1. The molecule has 4 aromatic rings. The first-order valence-corrected chi connectivity index (χ1v) is 10.3. The van der Waals surface area contributed by atoms with Crippen molar-refractivity contribution in [1.82, 2.24) is 20.2 Å². The number of aromatic nitrogens is 4. The van der Waals surface area contributed by atoms with Gasteiger partial charge < -0.3 is 9.15 Å². The number of ether oxygens (including phenoxy) is 1. The molecule has 166 valence electrons. The summed E-state index contributed by atoms with van der Waals surface area (Å²) in [4.78, 5) is 25.9. The smallest absolute Gasteiger partial charge is 0.357 e. The molecule has 2 aromatic carbocycles. The summed E-state index contributed by atoms with van der Waals surface area (Å²) in [5, 5.41) is 11.7. The topological polar surface area (TPSA) is 100 Å². The summed E-state index contributed by atoms with van der Waals surface area (Å²) in [6.45, 7) is 5.36. The fourth-order valence-corrected chi connectivity index (χ4v) is 3.37. The maximum absolute atomic E-state index is 13.1. The number of ketones is 1. The highest BCUT2D eigenvalue weighted by Gasteiger charge is 2.22. The highest BCUT2D eigenvalue weighted by molar-refractivity contribution is 6.16. The average Bonchev–Trinajstić information content (AvgIpc) is 3.50. The number of nitrogens with zero attached hydrogens (tertiary/aromatic N) is 4. The zero-order chi connectivity index (χ0) is 23.4. The Morgan fingerprint density at radius 3 is 2.48 bits per heavy atom. The summed E-state index contributed by atoms with van der Waals surface area (Å²) in [5.74, 6) is -0.290. The molecule has 0 aliphatic heterocycles. The molecular weight excluding hydrogens is 420 g/mol. The van der Waals surface area contributed by atoms with Crippen molar-refractivity contribution >= 4 is 23.5 Å². The third-order valence-electron chi connectivity index (χ3n) is 5.24. The molecule has 0 saturated carbocycles. The van der Waals surface area contributed by atoms with Crippen LogP contribution in [0.2, 0.25) is 0 Å². The van der Waals surface area contributed by atoms with Gasteiger partial charge in [-0.2, -0.15) is 4.68 Å². The number of rotatable bonds is 7. The van der Waals surface area contributed by atoms with Crippen molar-refractivity contribution < 1.29 is 18.7 Å². The van der Waals surface area contributed by atoms with E-state index in [0.717, 1.165) is 16.7 Å². The molecule has 0 N–H and O–H groups in total. The first-order chi connectivity index (χ1) is 15.9. The van der Waals surface area contributed by atoms with E-state index in [0.29, 0.717) is 22.7 Å². The largest absolute Gasteiger partial charge is 0.465 e. The molecule has 0 bridgehead atoms. The molecule has 2 aromatic heterocycles. The van der Waals surface area contributed by atoms with Crippen molar-refractivity contribution in [2.24, 2.45) is 0 Å². The van der Waals surface area contributed by atoms with Crippen molar-refractivity contribution in [3.8, 4) is 11.4 Å². The van der Waals surface area contributed by atoms with Crippen molar-refractivity contribution in [1.29, 1.82) is 0 Å². The Hall–Kier alpha value is -4.33. The number of Topliss-reactive ketones (excluding diaryl/α,β-unsaturated/α-hetero) is 1. The predicted molar refractivity (Wildman–Crippen MR) is 122 cm³/mol. The van der Waals surface area contributed by atoms with E-state index in [2.05, 4.69) is 15.5 Å². The molecule has 8 heteroatoms. The summed E-state index contributed by atoms with van der Waals surface area (Å²) in [7, 11) is 0. The lowest BCUT2D eigenvalue weighted by Crippen LogP contribution is -2.19. The standard InChI is InChI=1S/C25H22N4O4/c1-16-12-18(3)21(13-17(16)2)23(30)15-33-25(31)22(14-20-10-7-11-32-20)29-24(26-27-28-29)19-8-5-4-6-9-19/h4-14H,15H2,1-3H3/b22-14-. The number of tetrazole rings is 1. The molecular formula is C25H22N4O4. The van der Waals surface area contributed by atoms with E-state index < -0.39 is 12.6 Å². The summed E-state index contributed by atoms with van der Waals surface area (Å²) < 4.78 is 12.0. The van der Waals surface area contributed by atoms with Crippen LogP contribution in [-0.4, -0.2) is 38.6 Å². The van der Waals surface area contributed by atoms with Gasteiger partial charge in [-0.15, -0.1) is 5.10 Å².